The van der Waals surface area contributed by atoms with Crippen molar-refractivity contribution in [2.75, 3.05) is 0 Å². The minimum absolute atomic E-state index is 0.731. The molecule has 1 aromatic carbocycles. The van der Waals surface area contributed by atoms with Gasteiger partial charge in [0.05, 0.1) is 17.9 Å². The Morgan fingerprint density at radius 1 is 0.786 bits per heavy atom. The summed E-state index contributed by atoms with van der Waals surface area (Å²) in [5.41, 5.74) is 0. The zero-order chi connectivity index (χ0) is 10.9. The maximum atomic E-state index is 5.38. The van der Waals surface area contributed by atoms with Crippen molar-refractivity contribution in [3.05, 3.63) is 29.0 Å². The molecule has 1 radical (unpaired) electrons. The van der Waals surface area contributed by atoms with Gasteiger partial charge in [-0.2, -0.15) is 0 Å². The quantitative estimate of drug-likeness (QED) is 0.344. The summed E-state index contributed by atoms with van der Waals surface area (Å²) < 4.78 is 9.85. The van der Waals surface area contributed by atoms with Crippen molar-refractivity contribution in [3.63, 3.8) is 0 Å². The van der Waals surface area contributed by atoms with E-state index in [1.54, 1.807) is 6.61 Å². The molecule has 0 aliphatic heterocycles. The van der Waals surface area contributed by atoms with Crippen LogP contribution >= 0.6 is 79.6 Å². The van der Waals surface area contributed by atoms with Gasteiger partial charge in [0, 0.05) is 4.47 Å². The fraction of sp³-hybridized carbons (Fsp3) is 0.125. The fourth-order valence-electron chi connectivity index (χ4n) is 0.806. The molecule has 0 amide bonds. The summed E-state index contributed by atoms with van der Waals surface area (Å²) in [5, 5.41) is 0. The van der Waals surface area contributed by atoms with E-state index in [9.17, 15) is 0 Å². The van der Waals surface area contributed by atoms with Gasteiger partial charge in [-0.3, -0.25) is 0 Å². The van der Waals surface area contributed by atoms with Crippen molar-refractivity contribution in [3.8, 4) is 5.75 Å². The first-order valence-electron chi connectivity index (χ1n) is 3.46. The third-order valence-electron chi connectivity index (χ3n) is 1.41. The van der Waals surface area contributed by atoms with Crippen molar-refractivity contribution in [1.82, 2.24) is 0 Å². The Hall–Kier alpha value is 1.42. The van der Waals surface area contributed by atoms with Crippen molar-refractivity contribution in [2.24, 2.45) is 0 Å². The monoisotopic (exact) mass is 511 g/mol. The SMILES string of the molecule is C[CH]Oc1c(Br)c(Br)c(Br)c(Br)c1Br. The van der Waals surface area contributed by atoms with Crippen LogP contribution in [0.15, 0.2) is 22.4 Å². The van der Waals surface area contributed by atoms with Gasteiger partial charge in [-0.15, -0.1) is 0 Å². The Morgan fingerprint density at radius 2 is 1.14 bits per heavy atom. The molecule has 0 saturated heterocycles. The lowest BCUT2D eigenvalue weighted by Crippen LogP contribution is -1.91. The van der Waals surface area contributed by atoms with Crippen molar-refractivity contribution >= 4 is 79.6 Å². The molecule has 0 fully saturated rings. The van der Waals surface area contributed by atoms with Gasteiger partial charge in [0.25, 0.3) is 0 Å². The molecule has 0 aliphatic carbocycles. The summed E-state index contributed by atoms with van der Waals surface area (Å²) in [5.74, 6) is 0.731. The van der Waals surface area contributed by atoms with Crippen LogP contribution in [-0.2, 0) is 0 Å². The fourth-order valence-corrected chi connectivity index (χ4v) is 4.00. The molecule has 1 aromatic rings. The minimum atomic E-state index is 0.731. The third kappa shape index (κ3) is 2.56. The van der Waals surface area contributed by atoms with E-state index in [4.69, 9.17) is 4.74 Å². The normalized spacial score (nSPS) is 10.4. The average molecular weight is 516 g/mol. The molecule has 14 heavy (non-hydrogen) atoms. The molecule has 0 spiro atoms. The number of hydrogen-bond acceptors (Lipinski definition) is 1. The predicted molar refractivity (Wildman–Crippen MR) is 75.5 cm³/mol. The second-order valence-corrected chi connectivity index (χ2v) is 6.22. The van der Waals surface area contributed by atoms with Crippen LogP contribution in [0.3, 0.4) is 0 Å². The van der Waals surface area contributed by atoms with Gasteiger partial charge in [-0.05, 0) is 86.6 Å². The zero-order valence-corrected chi connectivity index (χ0v) is 14.8. The minimum Gasteiger partial charge on any atom is -0.484 e. The van der Waals surface area contributed by atoms with Gasteiger partial charge in [0.15, 0.2) is 5.75 Å². The molecule has 0 bridgehead atoms. The number of halogens is 5. The molecular formula is C8H4Br5O. The molecular weight excluding hydrogens is 512 g/mol. The zero-order valence-electron chi connectivity index (χ0n) is 6.88. The first-order valence-corrected chi connectivity index (χ1v) is 7.43. The molecule has 6 heteroatoms. The summed E-state index contributed by atoms with van der Waals surface area (Å²) in [4.78, 5) is 0. The van der Waals surface area contributed by atoms with E-state index in [-0.39, 0.29) is 0 Å². The van der Waals surface area contributed by atoms with Crippen molar-refractivity contribution in [1.29, 1.82) is 0 Å². The highest BCUT2D eigenvalue weighted by Crippen LogP contribution is 2.48. The van der Waals surface area contributed by atoms with E-state index in [0.29, 0.717) is 0 Å². The molecule has 0 N–H and O–H groups in total. The molecule has 0 saturated carbocycles. The largest absolute Gasteiger partial charge is 0.484 e. The van der Waals surface area contributed by atoms with E-state index in [0.717, 1.165) is 28.1 Å². The maximum absolute atomic E-state index is 5.38. The van der Waals surface area contributed by atoms with Crippen LogP contribution in [0.1, 0.15) is 6.92 Å². The third-order valence-corrected chi connectivity index (χ3v) is 7.43. The van der Waals surface area contributed by atoms with Crippen molar-refractivity contribution < 1.29 is 4.74 Å². The molecule has 0 unspecified atom stereocenters. The molecule has 1 rings (SSSR count). The Bertz CT molecular complexity index is 334. The van der Waals surface area contributed by atoms with Crippen LogP contribution in [-0.4, -0.2) is 0 Å². The smallest absolute Gasteiger partial charge is 0.150 e. The Labute approximate surface area is 125 Å². The van der Waals surface area contributed by atoms with Crippen LogP contribution in [0.5, 0.6) is 5.75 Å². The summed E-state index contributed by atoms with van der Waals surface area (Å²) in [6.07, 6.45) is 0. The van der Waals surface area contributed by atoms with Crippen LogP contribution in [0, 0.1) is 6.61 Å². The molecule has 0 atom stereocenters. The summed E-state index contributed by atoms with van der Waals surface area (Å²) in [6, 6.07) is 0. The molecule has 0 aliphatic rings. The van der Waals surface area contributed by atoms with Gasteiger partial charge < -0.3 is 4.74 Å². The van der Waals surface area contributed by atoms with Crippen molar-refractivity contribution in [2.45, 2.75) is 6.92 Å². The standard InChI is InChI=1S/C8H4Br5O/c1-2-14-8-6(12)4(10)3(9)5(11)7(8)13/h2H,1H3. The van der Waals surface area contributed by atoms with Gasteiger partial charge in [-0.25, -0.2) is 0 Å². The number of benzene rings is 1. The summed E-state index contributed by atoms with van der Waals surface area (Å²) in [6.45, 7) is 3.44. The lowest BCUT2D eigenvalue weighted by atomic mass is 10.3. The first kappa shape index (κ1) is 13.5. The second kappa shape index (κ2) is 5.66. The Balaban J connectivity index is 3.43. The Kier molecular flexibility index (Phi) is 5.45. The van der Waals surface area contributed by atoms with E-state index >= 15 is 0 Å². The van der Waals surface area contributed by atoms with Gasteiger partial charge >= 0.3 is 0 Å². The maximum Gasteiger partial charge on any atom is 0.150 e. The first-order chi connectivity index (χ1) is 6.50. The summed E-state index contributed by atoms with van der Waals surface area (Å²) in [7, 11) is 0. The molecule has 1 nitrogen and oxygen atoms in total. The van der Waals surface area contributed by atoms with Gasteiger partial charge in [0.2, 0.25) is 0 Å². The van der Waals surface area contributed by atoms with Crippen LogP contribution in [0.4, 0.5) is 0 Å². The topological polar surface area (TPSA) is 9.23 Å². The molecule has 77 valence electrons. The number of ether oxygens (including phenoxy) is 1. The Morgan fingerprint density at radius 3 is 1.50 bits per heavy atom. The van der Waals surface area contributed by atoms with Gasteiger partial charge in [-0.1, -0.05) is 0 Å². The van der Waals surface area contributed by atoms with E-state index in [1.807, 2.05) is 6.92 Å². The number of rotatable bonds is 2. The van der Waals surface area contributed by atoms with E-state index < -0.39 is 0 Å². The number of hydrogen-bond donors (Lipinski definition) is 0. The second-order valence-electron chi connectivity index (χ2n) is 2.25. The highest BCUT2D eigenvalue weighted by molar-refractivity contribution is 9.15. The summed E-state index contributed by atoms with van der Waals surface area (Å²) >= 11 is 17.2. The van der Waals surface area contributed by atoms with E-state index in [2.05, 4.69) is 79.6 Å². The highest BCUT2D eigenvalue weighted by atomic mass is 79.9. The average Bonchev–Trinajstić information content (AvgIpc) is 2.19. The molecule has 0 aromatic heterocycles. The van der Waals surface area contributed by atoms with Crippen LogP contribution in [0.25, 0.3) is 0 Å². The van der Waals surface area contributed by atoms with Crippen LogP contribution in [0.2, 0.25) is 0 Å². The molecule has 0 heterocycles. The van der Waals surface area contributed by atoms with E-state index in [1.165, 1.54) is 0 Å². The predicted octanol–water partition coefficient (Wildman–Crippen LogP) is 6.06. The van der Waals surface area contributed by atoms with Crippen LogP contribution < -0.4 is 4.74 Å². The van der Waals surface area contributed by atoms with Gasteiger partial charge in [0.1, 0.15) is 6.61 Å². The lowest BCUT2D eigenvalue weighted by molar-refractivity contribution is 0.410. The lowest BCUT2D eigenvalue weighted by Gasteiger charge is -2.12. The highest BCUT2D eigenvalue weighted by Gasteiger charge is 2.18.